The first kappa shape index (κ1) is 19.4. The molecule has 0 aromatic carbocycles. The van der Waals surface area contributed by atoms with Crippen LogP contribution in [0.5, 0.6) is 0 Å². The van der Waals surface area contributed by atoms with Gasteiger partial charge in [-0.1, -0.05) is 0 Å². The third-order valence-electron chi connectivity index (χ3n) is 2.46. The lowest BCUT2D eigenvalue weighted by Crippen LogP contribution is -2.38. The van der Waals surface area contributed by atoms with E-state index in [-0.39, 0.29) is 30.8 Å². The maximum absolute atomic E-state index is 12.0. The van der Waals surface area contributed by atoms with Crippen molar-refractivity contribution in [2.45, 2.75) is 12.8 Å². The molecule has 0 spiro atoms. The van der Waals surface area contributed by atoms with Crippen LogP contribution in [0.2, 0.25) is 0 Å². The van der Waals surface area contributed by atoms with E-state index in [9.17, 15) is 9.59 Å². The third kappa shape index (κ3) is 6.69. The number of nitrogens with zero attached hydrogens (tertiary/aromatic N) is 1. The molecule has 0 aliphatic carbocycles. The molecule has 0 aliphatic rings. The molecule has 0 aliphatic heterocycles. The van der Waals surface area contributed by atoms with Gasteiger partial charge in [-0.05, 0) is 47.4 Å². The lowest BCUT2D eigenvalue weighted by molar-refractivity contribution is -0.121. The molecule has 5 nitrogen and oxygen atoms in total. The monoisotopic (exact) mass is 383 g/mol. The van der Waals surface area contributed by atoms with Crippen molar-refractivity contribution in [2.24, 2.45) is 5.73 Å². The van der Waals surface area contributed by atoms with E-state index >= 15 is 0 Å². The van der Waals surface area contributed by atoms with E-state index in [0.717, 1.165) is 16.6 Å². The quantitative estimate of drug-likeness (QED) is 0.705. The van der Waals surface area contributed by atoms with Gasteiger partial charge in [0.25, 0.3) is 5.91 Å². The van der Waals surface area contributed by atoms with Gasteiger partial charge in [-0.15, -0.1) is 23.7 Å². The van der Waals surface area contributed by atoms with Gasteiger partial charge >= 0.3 is 0 Å². The minimum Gasteiger partial charge on any atom is -0.355 e. The van der Waals surface area contributed by atoms with Gasteiger partial charge in [0, 0.05) is 13.6 Å². The summed E-state index contributed by atoms with van der Waals surface area (Å²) >= 11 is 4.66. The molecule has 0 saturated carbocycles. The highest BCUT2D eigenvalue weighted by atomic mass is 79.9. The lowest BCUT2D eigenvalue weighted by atomic mass is 10.3. The average Bonchev–Trinajstić information content (AvgIpc) is 2.80. The van der Waals surface area contributed by atoms with E-state index in [1.165, 1.54) is 16.2 Å². The second-order valence-electron chi connectivity index (χ2n) is 4.11. The highest BCUT2D eigenvalue weighted by Gasteiger charge is 2.16. The summed E-state index contributed by atoms with van der Waals surface area (Å²) in [5.74, 6) is -0.295. The van der Waals surface area contributed by atoms with E-state index in [4.69, 9.17) is 5.73 Å². The summed E-state index contributed by atoms with van der Waals surface area (Å²) in [6.07, 6.45) is 1.75. The van der Waals surface area contributed by atoms with Crippen LogP contribution >= 0.6 is 39.7 Å². The summed E-state index contributed by atoms with van der Waals surface area (Å²) in [6, 6.07) is 3.56. The molecule has 1 heterocycles. The van der Waals surface area contributed by atoms with Crippen LogP contribution in [0.25, 0.3) is 0 Å². The molecule has 0 fully saturated rings. The number of carbonyl (C=O) groups is 2. The van der Waals surface area contributed by atoms with E-state index in [1.807, 2.05) is 6.07 Å². The normalized spacial score (nSPS) is 9.75. The second-order valence-corrected chi connectivity index (χ2v) is 6.57. The van der Waals surface area contributed by atoms with Gasteiger partial charge in [-0.2, -0.15) is 0 Å². The Kier molecular flexibility index (Phi) is 9.83. The second kappa shape index (κ2) is 10.1. The maximum atomic E-state index is 12.0. The molecule has 1 rings (SSSR count). The zero-order chi connectivity index (χ0) is 14.3. The van der Waals surface area contributed by atoms with Crippen LogP contribution in [0.4, 0.5) is 0 Å². The first-order chi connectivity index (χ1) is 9.04. The summed E-state index contributed by atoms with van der Waals surface area (Å²) in [7, 11) is 1.62. The Morgan fingerprint density at radius 3 is 2.65 bits per heavy atom. The Labute approximate surface area is 137 Å². The van der Waals surface area contributed by atoms with E-state index in [1.54, 1.807) is 13.1 Å². The van der Waals surface area contributed by atoms with Gasteiger partial charge in [0.2, 0.25) is 5.91 Å². The molecule has 114 valence electrons. The molecule has 20 heavy (non-hydrogen) atoms. The van der Waals surface area contributed by atoms with Crippen molar-refractivity contribution in [2.75, 3.05) is 26.7 Å². The summed E-state index contributed by atoms with van der Waals surface area (Å²) < 4.78 is 0.899. The molecule has 0 radical (unpaired) electrons. The first-order valence-electron chi connectivity index (χ1n) is 6.02. The first-order valence-corrected chi connectivity index (χ1v) is 7.63. The molecule has 0 bridgehead atoms. The maximum Gasteiger partial charge on any atom is 0.264 e. The van der Waals surface area contributed by atoms with Crippen molar-refractivity contribution < 1.29 is 9.59 Å². The third-order valence-corrected chi connectivity index (χ3v) is 4.08. The number of hydrogen-bond donors (Lipinski definition) is 2. The van der Waals surface area contributed by atoms with Crippen LogP contribution in [0.3, 0.4) is 0 Å². The van der Waals surface area contributed by atoms with Crippen LogP contribution < -0.4 is 11.1 Å². The topological polar surface area (TPSA) is 75.4 Å². The number of rotatable bonds is 7. The number of nitrogens with two attached hydrogens (primary N) is 1. The summed E-state index contributed by atoms with van der Waals surface area (Å²) in [5.41, 5.74) is 5.36. The zero-order valence-corrected chi connectivity index (χ0v) is 14.4. The predicted octanol–water partition coefficient (Wildman–Crippen LogP) is 1.86. The Morgan fingerprint density at radius 2 is 2.10 bits per heavy atom. The van der Waals surface area contributed by atoms with Gasteiger partial charge in [0.05, 0.1) is 15.2 Å². The molecule has 0 saturated heterocycles. The molecule has 3 N–H and O–H groups in total. The summed E-state index contributed by atoms with van der Waals surface area (Å²) in [6.45, 7) is 1.29. The molecule has 1 aromatic rings. The number of amides is 2. The van der Waals surface area contributed by atoms with Crippen LogP contribution in [-0.2, 0) is 4.79 Å². The van der Waals surface area contributed by atoms with Crippen molar-refractivity contribution in [3.05, 3.63) is 20.8 Å². The number of likely N-dealkylation sites (N-methyl/N-ethyl adjacent to an activating group) is 1. The summed E-state index contributed by atoms with van der Waals surface area (Å²) in [5, 5.41) is 2.77. The van der Waals surface area contributed by atoms with Crippen molar-refractivity contribution in [1.82, 2.24) is 10.2 Å². The Bertz CT molecular complexity index is 442. The van der Waals surface area contributed by atoms with Crippen molar-refractivity contribution in [3.8, 4) is 0 Å². The Balaban J connectivity index is 0.00000361. The van der Waals surface area contributed by atoms with E-state index in [0.29, 0.717) is 18.0 Å². The van der Waals surface area contributed by atoms with Gasteiger partial charge in [0.15, 0.2) is 0 Å². The average molecular weight is 385 g/mol. The fourth-order valence-corrected chi connectivity index (χ4v) is 2.84. The molecule has 2 amide bonds. The zero-order valence-electron chi connectivity index (χ0n) is 11.2. The van der Waals surface area contributed by atoms with Gasteiger partial charge in [-0.25, -0.2) is 0 Å². The predicted molar refractivity (Wildman–Crippen MR) is 87.5 cm³/mol. The number of nitrogens with one attached hydrogen (secondary N) is 1. The number of unbranched alkanes of at least 4 members (excludes halogenated alkanes) is 1. The molecule has 1 aromatic heterocycles. The largest absolute Gasteiger partial charge is 0.355 e. The smallest absolute Gasteiger partial charge is 0.264 e. The van der Waals surface area contributed by atoms with Crippen molar-refractivity contribution in [1.29, 1.82) is 0 Å². The van der Waals surface area contributed by atoms with E-state index < -0.39 is 0 Å². The number of carbonyl (C=O) groups excluding carboxylic acids is 2. The van der Waals surface area contributed by atoms with E-state index in [2.05, 4.69) is 21.2 Å². The minimum absolute atomic E-state index is 0. The standard InChI is InChI=1S/C12H18BrN3O2S.ClH/c1-16(8-11(17)15-7-3-2-6-14)12(18)9-4-5-10(13)19-9;/h4-5H,2-3,6-8,14H2,1H3,(H,15,17);1H. The molecule has 0 atom stereocenters. The molecule has 0 unspecified atom stereocenters. The van der Waals surface area contributed by atoms with Crippen LogP contribution in [0.15, 0.2) is 15.9 Å². The number of halogens is 2. The highest BCUT2D eigenvalue weighted by Crippen LogP contribution is 2.22. The van der Waals surface area contributed by atoms with Crippen LogP contribution in [-0.4, -0.2) is 43.4 Å². The fourth-order valence-electron chi connectivity index (χ4n) is 1.46. The van der Waals surface area contributed by atoms with Gasteiger partial charge in [0.1, 0.15) is 0 Å². The molecule has 8 heteroatoms. The lowest BCUT2D eigenvalue weighted by Gasteiger charge is -2.15. The van der Waals surface area contributed by atoms with Crippen LogP contribution in [0.1, 0.15) is 22.5 Å². The summed E-state index contributed by atoms with van der Waals surface area (Å²) in [4.78, 5) is 25.6. The Hall–Kier alpha value is -0.630. The van der Waals surface area contributed by atoms with Gasteiger partial charge < -0.3 is 16.0 Å². The fraction of sp³-hybridized carbons (Fsp3) is 0.500. The Morgan fingerprint density at radius 1 is 1.40 bits per heavy atom. The van der Waals surface area contributed by atoms with Crippen LogP contribution in [0, 0.1) is 0 Å². The number of hydrogen-bond acceptors (Lipinski definition) is 4. The SMILES string of the molecule is CN(CC(=O)NCCCCN)C(=O)c1ccc(Br)s1.Cl. The molecular formula is C12H19BrClN3O2S. The molecular weight excluding hydrogens is 366 g/mol. The van der Waals surface area contributed by atoms with Crippen molar-refractivity contribution >= 4 is 51.5 Å². The number of thiophene rings is 1. The highest BCUT2D eigenvalue weighted by molar-refractivity contribution is 9.11. The van der Waals surface area contributed by atoms with Crippen molar-refractivity contribution in [3.63, 3.8) is 0 Å². The van der Waals surface area contributed by atoms with Gasteiger partial charge in [-0.3, -0.25) is 9.59 Å². The minimum atomic E-state index is -0.150.